The molecule has 1 aromatic heterocycles. The highest BCUT2D eigenvalue weighted by molar-refractivity contribution is 7.11. The van der Waals surface area contributed by atoms with Crippen LogP contribution < -0.4 is 18.9 Å². The molecule has 152 valence electrons. The maximum absolute atomic E-state index is 13.1. The lowest BCUT2D eigenvalue weighted by molar-refractivity contribution is 0.0771. The van der Waals surface area contributed by atoms with Crippen LogP contribution in [0.3, 0.4) is 0 Å². The van der Waals surface area contributed by atoms with E-state index in [0.29, 0.717) is 60.9 Å². The molecule has 1 atom stereocenters. The van der Waals surface area contributed by atoms with Gasteiger partial charge in [-0.3, -0.25) is 4.79 Å². The Kier molecular flexibility index (Phi) is 6.97. The molecule has 8 heteroatoms. The highest BCUT2D eigenvalue weighted by atomic mass is 32.1. The summed E-state index contributed by atoms with van der Waals surface area (Å²) in [4.78, 5) is 19.0. The first kappa shape index (κ1) is 20.3. The third-order valence-electron chi connectivity index (χ3n) is 4.27. The number of carbonyl (C=O) groups excluding carboxylic acids is 1. The van der Waals surface area contributed by atoms with E-state index in [2.05, 4.69) is 4.98 Å². The molecule has 3 rings (SSSR count). The van der Waals surface area contributed by atoms with Crippen LogP contribution in [0.15, 0.2) is 23.7 Å². The van der Waals surface area contributed by atoms with Gasteiger partial charge in [-0.25, -0.2) is 4.98 Å². The summed E-state index contributed by atoms with van der Waals surface area (Å²) in [5.41, 5.74) is 0.519. The fraction of sp³-hybridized carbons (Fsp3) is 0.500. The van der Waals surface area contributed by atoms with Crippen molar-refractivity contribution in [1.82, 2.24) is 9.88 Å². The second-order valence-electron chi connectivity index (χ2n) is 6.18. The Morgan fingerprint density at radius 1 is 1.14 bits per heavy atom. The summed E-state index contributed by atoms with van der Waals surface area (Å²) < 4.78 is 23.0. The zero-order valence-corrected chi connectivity index (χ0v) is 17.3. The van der Waals surface area contributed by atoms with Gasteiger partial charge in [0.1, 0.15) is 6.10 Å². The molecule has 0 radical (unpaired) electrons. The summed E-state index contributed by atoms with van der Waals surface area (Å²) in [6.07, 6.45) is 2.44. The highest BCUT2D eigenvalue weighted by Gasteiger charge is 2.30. The Morgan fingerprint density at radius 3 is 2.39 bits per heavy atom. The molecule has 1 aliphatic rings. The average Bonchev–Trinajstić information content (AvgIpc) is 3.36. The van der Waals surface area contributed by atoms with Gasteiger partial charge in [0.15, 0.2) is 11.5 Å². The molecule has 1 amide bonds. The van der Waals surface area contributed by atoms with Crippen molar-refractivity contribution in [3.8, 4) is 22.4 Å². The molecule has 1 fully saturated rings. The Balaban J connectivity index is 1.78. The van der Waals surface area contributed by atoms with Gasteiger partial charge in [-0.2, -0.15) is 0 Å². The first-order valence-electron chi connectivity index (χ1n) is 9.58. The van der Waals surface area contributed by atoms with Gasteiger partial charge in [-0.05, 0) is 32.9 Å². The standard InChI is InChI=1S/C20H26N2O5S/c1-4-24-16-11-14(12-17(25-5-2)18(16)26-6-3)19(23)22-9-7-15(13-22)27-20-21-8-10-28-20/h8,10-12,15H,4-7,9,13H2,1-3H3. The Labute approximate surface area is 169 Å². The minimum Gasteiger partial charge on any atom is -0.490 e. The van der Waals surface area contributed by atoms with E-state index in [9.17, 15) is 4.79 Å². The third kappa shape index (κ3) is 4.67. The highest BCUT2D eigenvalue weighted by Crippen LogP contribution is 2.39. The quantitative estimate of drug-likeness (QED) is 0.633. The summed E-state index contributed by atoms with van der Waals surface area (Å²) in [7, 11) is 0. The topological polar surface area (TPSA) is 70.1 Å². The molecular weight excluding hydrogens is 380 g/mol. The number of rotatable bonds is 9. The van der Waals surface area contributed by atoms with Gasteiger partial charge in [0.2, 0.25) is 5.75 Å². The molecule has 2 heterocycles. The summed E-state index contributed by atoms with van der Waals surface area (Å²) in [6.45, 7) is 8.27. The Bertz CT molecular complexity index is 754. The maximum atomic E-state index is 13.1. The van der Waals surface area contributed by atoms with Crippen LogP contribution in [-0.4, -0.2) is 54.8 Å². The van der Waals surface area contributed by atoms with Gasteiger partial charge >= 0.3 is 0 Å². The molecule has 7 nitrogen and oxygen atoms in total. The van der Waals surface area contributed by atoms with E-state index in [1.54, 1.807) is 23.2 Å². The third-order valence-corrected chi connectivity index (χ3v) is 4.93. The van der Waals surface area contributed by atoms with Crippen LogP contribution >= 0.6 is 11.3 Å². The van der Waals surface area contributed by atoms with Crippen molar-refractivity contribution in [1.29, 1.82) is 0 Å². The van der Waals surface area contributed by atoms with Gasteiger partial charge in [0.25, 0.3) is 11.1 Å². The van der Waals surface area contributed by atoms with Crippen molar-refractivity contribution in [2.75, 3.05) is 32.9 Å². The van der Waals surface area contributed by atoms with Crippen molar-refractivity contribution >= 4 is 17.2 Å². The number of nitrogens with zero attached hydrogens (tertiary/aromatic N) is 2. The molecule has 1 saturated heterocycles. The fourth-order valence-electron chi connectivity index (χ4n) is 3.11. The predicted octanol–water partition coefficient (Wildman–Crippen LogP) is 3.63. The maximum Gasteiger partial charge on any atom is 0.273 e. The second kappa shape index (κ2) is 9.64. The van der Waals surface area contributed by atoms with Crippen LogP contribution in [0.25, 0.3) is 0 Å². The smallest absolute Gasteiger partial charge is 0.273 e. The molecule has 1 unspecified atom stereocenters. The minimum atomic E-state index is -0.0739. The van der Waals surface area contributed by atoms with Gasteiger partial charge in [-0.1, -0.05) is 11.3 Å². The molecule has 0 saturated carbocycles. The number of hydrogen-bond donors (Lipinski definition) is 0. The molecule has 0 bridgehead atoms. The normalized spacial score (nSPS) is 16.1. The number of amides is 1. The van der Waals surface area contributed by atoms with Crippen LogP contribution in [0.5, 0.6) is 22.4 Å². The first-order valence-corrected chi connectivity index (χ1v) is 10.5. The van der Waals surface area contributed by atoms with Crippen LogP contribution in [-0.2, 0) is 0 Å². The van der Waals surface area contributed by atoms with Crippen LogP contribution in [0, 0.1) is 0 Å². The van der Waals surface area contributed by atoms with Crippen LogP contribution in [0.2, 0.25) is 0 Å². The lowest BCUT2D eigenvalue weighted by atomic mass is 10.1. The van der Waals surface area contributed by atoms with E-state index in [1.165, 1.54) is 11.3 Å². The zero-order chi connectivity index (χ0) is 19.9. The van der Waals surface area contributed by atoms with Crippen LogP contribution in [0.1, 0.15) is 37.6 Å². The van der Waals surface area contributed by atoms with Crippen molar-refractivity contribution < 1.29 is 23.7 Å². The largest absolute Gasteiger partial charge is 0.490 e. The van der Waals surface area contributed by atoms with Crippen molar-refractivity contribution in [2.45, 2.75) is 33.3 Å². The predicted molar refractivity (Wildman–Crippen MR) is 107 cm³/mol. The number of hydrogen-bond acceptors (Lipinski definition) is 7. The second-order valence-corrected chi connectivity index (χ2v) is 7.04. The summed E-state index contributed by atoms with van der Waals surface area (Å²) in [5.74, 6) is 1.51. The molecule has 0 spiro atoms. The molecule has 0 aliphatic carbocycles. The summed E-state index contributed by atoms with van der Waals surface area (Å²) in [5, 5.41) is 2.51. The van der Waals surface area contributed by atoms with Crippen molar-refractivity contribution in [3.63, 3.8) is 0 Å². The lowest BCUT2D eigenvalue weighted by Gasteiger charge is -2.20. The minimum absolute atomic E-state index is 0.0458. The van der Waals surface area contributed by atoms with Gasteiger partial charge in [0, 0.05) is 30.1 Å². The van der Waals surface area contributed by atoms with E-state index in [0.717, 1.165) is 6.42 Å². The Morgan fingerprint density at radius 2 is 1.82 bits per heavy atom. The number of likely N-dealkylation sites (tertiary alicyclic amines) is 1. The number of aromatic nitrogens is 1. The SMILES string of the molecule is CCOc1cc(C(=O)N2CCC(Oc3nccs3)C2)cc(OCC)c1OCC. The molecule has 1 aliphatic heterocycles. The monoisotopic (exact) mass is 406 g/mol. The molecular formula is C20H26N2O5S. The number of ether oxygens (including phenoxy) is 4. The summed E-state index contributed by atoms with van der Waals surface area (Å²) in [6, 6.07) is 3.46. The Hall–Kier alpha value is -2.48. The van der Waals surface area contributed by atoms with Crippen molar-refractivity contribution in [2.24, 2.45) is 0 Å². The van der Waals surface area contributed by atoms with E-state index in [1.807, 2.05) is 26.2 Å². The zero-order valence-electron chi connectivity index (χ0n) is 16.5. The van der Waals surface area contributed by atoms with Gasteiger partial charge in [-0.15, -0.1) is 0 Å². The van der Waals surface area contributed by atoms with Crippen molar-refractivity contribution in [3.05, 3.63) is 29.3 Å². The van der Waals surface area contributed by atoms with Gasteiger partial charge in [0.05, 0.1) is 26.4 Å². The molecule has 0 N–H and O–H groups in total. The first-order chi connectivity index (χ1) is 13.7. The van der Waals surface area contributed by atoms with E-state index >= 15 is 0 Å². The van der Waals surface area contributed by atoms with E-state index in [-0.39, 0.29) is 12.0 Å². The number of benzene rings is 1. The molecule has 28 heavy (non-hydrogen) atoms. The fourth-order valence-corrected chi connectivity index (χ4v) is 3.67. The van der Waals surface area contributed by atoms with Gasteiger partial charge < -0.3 is 23.8 Å². The van der Waals surface area contributed by atoms with E-state index in [4.69, 9.17) is 18.9 Å². The van der Waals surface area contributed by atoms with Crippen LogP contribution in [0.4, 0.5) is 0 Å². The number of thiazole rings is 1. The average molecular weight is 407 g/mol. The molecule has 2 aromatic rings. The van der Waals surface area contributed by atoms with E-state index < -0.39 is 0 Å². The molecule has 1 aromatic carbocycles. The lowest BCUT2D eigenvalue weighted by Crippen LogP contribution is -2.31. The number of carbonyl (C=O) groups is 1. The summed E-state index contributed by atoms with van der Waals surface area (Å²) >= 11 is 1.45.